The standard InChI is InChI=1S/C20H21N5OS/c1-11-4-12-6-16(27-18(12)15(5-11)26-3)14-9-25(13-7-24(2)8-13)20-17(14)19(21)22-10-23-20/h4-6,9-10,13H,7-8H2,1-3H3,(H2,21,22,23). The second-order valence-corrected chi connectivity index (χ2v) is 8.33. The molecule has 0 saturated carbocycles. The summed E-state index contributed by atoms with van der Waals surface area (Å²) >= 11 is 1.73. The second-order valence-electron chi connectivity index (χ2n) is 7.28. The lowest BCUT2D eigenvalue weighted by molar-refractivity contribution is 0.144. The van der Waals surface area contributed by atoms with Gasteiger partial charge >= 0.3 is 0 Å². The lowest BCUT2D eigenvalue weighted by Gasteiger charge is -2.37. The van der Waals surface area contributed by atoms with Gasteiger partial charge in [0.2, 0.25) is 0 Å². The molecule has 1 aromatic carbocycles. The number of hydrogen-bond donors (Lipinski definition) is 1. The molecule has 3 aromatic heterocycles. The van der Waals surface area contributed by atoms with Gasteiger partial charge < -0.3 is 19.9 Å². The molecule has 4 aromatic rings. The number of nitrogen functional groups attached to an aromatic ring is 1. The largest absolute Gasteiger partial charge is 0.495 e. The zero-order chi connectivity index (χ0) is 18.7. The minimum absolute atomic E-state index is 0.423. The fraction of sp³-hybridized carbons (Fsp3) is 0.300. The number of nitrogens with zero attached hydrogens (tertiary/aromatic N) is 4. The van der Waals surface area contributed by atoms with Gasteiger partial charge in [0.25, 0.3) is 0 Å². The lowest BCUT2D eigenvalue weighted by atomic mass is 10.1. The normalized spacial score (nSPS) is 15.5. The summed E-state index contributed by atoms with van der Waals surface area (Å²) in [4.78, 5) is 12.3. The number of ether oxygens (including phenoxy) is 1. The Hall–Kier alpha value is -2.64. The van der Waals surface area contributed by atoms with Crippen molar-refractivity contribution < 1.29 is 4.74 Å². The molecule has 138 valence electrons. The van der Waals surface area contributed by atoms with Gasteiger partial charge in [-0.15, -0.1) is 11.3 Å². The first-order valence-corrected chi connectivity index (χ1v) is 9.75. The molecule has 1 saturated heterocycles. The number of benzene rings is 1. The quantitative estimate of drug-likeness (QED) is 0.588. The Balaban J connectivity index is 1.74. The summed E-state index contributed by atoms with van der Waals surface area (Å²) in [6, 6.07) is 6.91. The first-order valence-electron chi connectivity index (χ1n) is 8.93. The number of nitrogens with two attached hydrogens (primary N) is 1. The van der Waals surface area contributed by atoms with Gasteiger partial charge in [-0.3, -0.25) is 0 Å². The molecule has 0 bridgehead atoms. The molecule has 1 fully saturated rings. The van der Waals surface area contributed by atoms with Crippen molar-refractivity contribution >= 4 is 38.3 Å². The van der Waals surface area contributed by atoms with E-state index in [1.54, 1.807) is 24.8 Å². The van der Waals surface area contributed by atoms with Crippen molar-refractivity contribution in [3.05, 3.63) is 36.3 Å². The van der Waals surface area contributed by atoms with Crippen LogP contribution in [0.2, 0.25) is 0 Å². The highest BCUT2D eigenvalue weighted by Crippen LogP contribution is 2.43. The van der Waals surface area contributed by atoms with Gasteiger partial charge in [-0.2, -0.15) is 0 Å². The summed E-state index contributed by atoms with van der Waals surface area (Å²) in [7, 11) is 3.85. The molecule has 7 heteroatoms. The van der Waals surface area contributed by atoms with E-state index in [1.165, 1.54) is 10.9 Å². The highest BCUT2D eigenvalue weighted by Gasteiger charge is 2.28. The number of fused-ring (bicyclic) bond motifs is 2. The molecule has 5 rings (SSSR count). The number of aryl methyl sites for hydroxylation is 1. The number of anilines is 1. The second kappa shape index (κ2) is 5.94. The average molecular weight is 379 g/mol. The molecule has 6 nitrogen and oxygen atoms in total. The van der Waals surface area contributed by atoms with Crippen LogP contribution < -0.4 is 10.5 Å². The number of hydrogen-bond acceptors (Lipinski definition) is 6. The summed E-state index contributed by atoms with van der Waals surface area (Å²) in [6.45, 7) is 4.13. The van der Waals surface area contributed by atoms with Crippen molar-refractivity contribution in [2.45, 2.75) is 13.0 Å². The molecular formula is C20H21N5OS. The summed E-state index contributed by atoms with van der Waals surface area (Å²) < 4.78 is 9.01. The predicted molar refractivity (Wildman–Crippen MR) is 111 cm³/mol. The molecule has 2 N–H and O–H groups in total. The van der Waals surface area contributed by atoms with Crippen LogP contribution in [0.3, 0.4) is 0 Å². The van der Waals surface area contributed by atoms with Crippen LogP contribution in [0, 0.1) is 6.92 Å². The maximum absolute atomic E-state index is 6.27. The number of likely N-dealkylation sites (tertiary alicyclic amines) is 1. The van der Waals surface area contributed by atoms with Gasteiger partial charge in [0, 0.05) is 29.7 Å². The third-order valence-electron chi connectivity index (χ3n) is 5.29. The molecule has 0 unspecified atom stereocenters. The highest BCUT2D eigenvalue weighted by atomic mass is 32.1. The topological polar surface area (TPSA) is 69.2 Å². The summed E-state index contributed by atoms with van der Waals surface area (Å²) in [5.74, 6) is 1.44. The Morgan fingerprint density at radius 2 is 2.04 bits per heavy atom. The molecule has 27 heavy (non-hydrogen) atoms. The van der Waals surface area contributed by atoms with Gasteiger partial charge in [0.05, 0.1) is 23.2 Å². The molecule has 1 aliphatic rings. The summed E-state index contributed by atoms with van der Waals surface area (Å²) in [5.41, 5.74) is 9.47. The first kappa shape index (κ1) is 16.5. The van der Waals surface area contributed by atoms with Crippen LogP contribution in [-0.4, -0.2) is 46.7 Å². The van der Waals surface area contributed by atoms with Crippen molar-refractivity contribution in [2.75, 3.05) is 33.0 Å². The van der Waals surface area contributed by atoms with Crippen molar-refractivity contribution in [3.8, 4) is 16.2 Å². The van der Waals surface area contributed by atoms with Crippen LogP contribution in [0.15, 0.2) is 30.7 Å². The molecule has 0 spiro atoms. The van der Waals surface area contributed by atoms with E-state index < -0.39 is 0 Å². The molecule has 4 heterocycles. The zero-order valence-corrected chi connectivity index (χ0v) is 16.4. The van der Waals surface area contributed by atoms with Crippen LogP contribution >= 0.6 is 11.3 Å². The smallest absolute Gasteiger partial charge is 0.146 e. The Bertz CT molecular complexity index is 1170. The van der Waals surface area contributed by atoms with E-state index in [0.717, 1.165) is 45.0 Å². The number of methoxy groups -OCH3 is 1. The Morgan fingerprint density at radius 1 is 1.22 bits per heavy atom. The predicted octanol–water partition coefficient (Wildman–Crippen LogP) is 3.70. The Kier molecular flexibility index (Phi) is 3.63. The van der Waals surface area contributed by atoms with Gasteiger partial charge in [-0.1, -0.05) is 6.07 Å². The van der Waals surface area contributed by atoms with E-state index in [0.29, 0.717) is 11.9 Å². The SMILES string of the molecule is COc1cc(C)cc2cc(-c3cn(C4CN(C)C4)c4ncnc(N)c34)sc12. The van der Waals surface area contributed by atoms with Crippen LogP contribution in [-0.2, 0) is 0 Å². The van der Waals surface area contributed by atoms with Crippen LogP contribution in [0.1, 0.15) is 11.6 Å². The fourth-order valence-corrected chi connectivity index (χ4v) is 5.11. The Morgan fingerprint density at radius 3 is 2.78 bits per heavy atom. The van der Waals surface area contributed by atoms with Crippen molar-refractivity contribution in [1.82, 2.24) is 19.4 Å². The third kappa shape index (κ3) is 2.49. The van der Waals surface area contributed by atoms with E-state index in [1.807, 2.05) is 0 Å². The maximum Gasteiger partial charge on any atom is 0.146 e. The zero-order valence-electron chi connectivity index (χ0n) is 15.6. The fourth-order valence-electron chi connectivity index (χ4n) is 3.96. The molecular weight excluding hydrogens is 358 g/mol. The summed E-state index contributed by atoms with van der Waals surface area (Å²) in [5, 5.41) is 2.13. The maximum atomic E-state index is 6.27. The third-order valence-corrected chi connectivity index (χ3v) is 6.49. The average Bonchev–Trinajstić information content (AvgIpc) is 3.20. The minimum Gasteiger partial charge on any atom is -0.495 e. The van der Waals surface area contributed by atoms with E-state index in [4.69, 9.17) is 10.5 Å². The van der Waals surface area contributed by atoms with E-state index in [-0.39, 0.29) is 0 Å². The Labute approximate surface area is 161 Å². The van der Waals surface area contributed by atoms with Gasteiger partial charge in [-0.25, -0.2) is 9.97 Å². The number of likely N-dealkylation sites (N-methyl/N-ethyl adjacent to an activating group) is 1. The lowest BCUT2D eigenvalue weighted by Crippen LogP contribution is -2.44. The first-order chi connectivity index (χ1) is 13.0. The van der Waals surface area contributed by atoms with Crippen molar-refractivity contribution in [3.63, 3.8) is 0 Å². The number of aromatic nitrogens is 3. The minimum atomic E-state index is 0.423. The van der Waals surface area contributed by atoms with E-state index in [2.05, 4.69) is 57.8 Å². The van der Waals surface area contributed by atoms with E-state index >= 15 is 0 Å². The van der Waals surface area contributed by atoms with Gasteiger partial charge in [-0.05, 0) is 37.1 Å². The molecule has 0 aliphatic carbocycles. The van der Waals surface area contributed by atoms with Gasteiger partial charge in [0.15, 0.2) is 0 Å². The monoisotopic (exact) mass is 379 g/mol. The molecule has 0 amide bonds. The molecule has 0 radical (unpaired) electrons. The highest BCUT2D eigenvalue weighted by molar-refractivity contribution is 7.22. The van der Waals surface area contributed by atoms with Crippen LogP contribution in [0.25, 0.3) is 31.6 Å². The van der Waals surface area contributed by atoms with Crippen LogP contribution in [0.4, 0.5) is 5.82 Å². The molecule has 1 aliphatic heterocycles. The van der Waals surface area contributed by atoms with E-state index in [9.17, 15) is 0 Å². The van der Waals surface area contributed by atoms with Crippen LogP contribution in [0.5, 0.6) is 5.75 Å². The van der Waals surface area contributed by atoms with Crippen molar-refractivity contribution in [1.29, 1.82) is 0 Å². The summed E-state index contributed by atoms with van der Waals surface area (Å²) in [6.07, 6.45) is 3.75. The van der Waals surface area contributed by atoms with Crippen molar-refractivity contribution in [2.24, 2.45) is 0 Å². The number of thiophene rings is 1. The molecule has 0 atom stereocenters. The number of rotatable bonds is 3. The van der Waals surface area contributed by atoms with Gasteiger partial charge in [0.1, 0.15) is 23.5 Å².